The van der Waals surface area contributed by atoms with E-state index in [1.165, 1.54) is 12.7 Å². The molecule has 2 amide bonds. The Bertz CT molecular complexity index is 688. The van der Waals surface area contributed by atoms with Crippen molar-refractivity contribution < 1.29 is 14.3 Å². The first-order chi connectivity index (χ1) is 12.7. The molecule has 4 aliphatic rings. The summed E-state index contributed by atoms with van der Waals surface area (Å²) < 4.78 is 5.71. The van der Waals surface area contributed by atoms with Crippen LogP contribution in [0, 0.1) is 23.2 Å². The van der Waals surface area contributed by atoms with Gasteiger partial charge in [0.2, 0.25) is 11.7 Å². The monoisotopic (exact) mass is 359 g/mol. The molecular weight excluding hydrogens is 334 g/mol. The average Bonchev–Trinajstić information content (AvgIpc) is 3.06. The second-order valence-electron chi connectivity index (χ2n) is 8.37. The zero-order valence-electron chi connectivity index (χ0n) is 14.9. The Hall–Kier alpha value is -1.96. The molecule has 1 saturated carbocycles. The molecule has 0 unspecified atom stereocenters. The molecule has 3 atom stereocenters. The smallest absolute Gasteiger partial charge is 0.291 e. The SMILES string of the molecule is O=C(c1ncn[nH]1)N1CCC2(CCOC[C@H]2C(=O)N2C[C@H]3C[C@H]3C2)CC1. The molecule has 0 radical (unpaired) electrons. The zero-order valence-corrected chi connectivity index (χ0v) is 14.9. The Morgan fingerprint density at radius 3 is 2.62 bits per heavy atom. The van der Waals surface area contributed by atoms with Gasteiger partial charge in [-0.2, -0.15) is 5.10 Å². The van der Waals surface area contributed by atoms with Gasteiger partial charge in [-0.1, -0.05) is 0 Å². The third-order valence-corrected chi connectivity index (χ3v) is 7.02. The quantitative estimate of drug-likeness (QED) is 0.832. The molecule has 8 nitrogen and oxygen atoms in total. The third kappa shape index (κ3) is 2.62. The van der Waals surface area contributed by atoms with Gasteiger partial charge in [0.15, 0.2) is 0 Å². The first kappa shape index (κ1) is 16.2. The van der Waals surface area contributed by atoms with Gasteiger partial charge in [-0.25, -0.2) is 4.98 Å². The number of hydrogen-bond donors (Lipinski definition) is 1. The van der Waals surface area contributed by atoms with Crippen molar-refractivity contribution in [2.75, 3.05) is 39.4 Å². The fourth-order valence-corrected chi connectivity index (χ4v) is 5.17. The number of rotatable bonds is 2. The minimum Gasteiger partial charge on any atom is -0.381 e. The molecule has 0 aromatic carbocycles. The molecule has 1 aromatic rings. The van der Waals surface area contributed by atoms with Crippen molar-refractivity contribution in [3.63, 3.8) is 0 Å². The van der Waals surface area contributed by atoms with Gasteiger partial charge in [0.25, 0.3) is 5.91 Å². The van der Waals surface area contributed by atoms with E-state index in [1.807, 2.05) is 4.90 Å². The lowest BCUT2D eigenvalue weighted by molar-refractivity contribution is -0.152. The van der Waals surface area contributed by atoms with Crippen LogP contribution in [-0.4, -0.2) is 76.2 Å². The number of H-pyrrole nitrogens is 1. The van der Waals surface area contributed by atoms with E-state index in [1.54, 1.807) is 0 Å². The predicted molar refractivity (Wildman–Crippen MR) is 91.1 cm³/mol. The summed E-state index contributed by atoms with van der Waals surface area (Å²) in [4.78, 5) is 33.5. The molecule has 3 aliphatic heterocycles. The minimum atomic E-state index is -0.105. The molecule has 5 rings (SSSR count). The molecule has 8 heteroatoms. The van der Waals surface area contributed by atoms with Crippen LogP contribution in [0.25, 0.3) is 0 Å². The summed E-state index contributed by atoms with van der Waals surface area (Å²) in [6.07, 6.45) is 5.27. The number of carbonyl (C=O) groups excluding carboxylic acids is 2. The van der Waals surface area contributed by atoms with Crippen LogP contribution >= 0.6 is 0 Å². The van der Waals surface area contributed by atoms with E-state index in [0.29, 0.717) is 26.3 Å². The van der Waals surface area contributed by atoms with E-state index in [-0.39, 0.29) is 29.0 Å². The molecule has 26 heavy (non-hydrogen) atoms. The summed E-state index contributed by atoms with van der Waals surface area (Å²) in [5.41, 5.74) is -0.0275. The van der Waals surface area contributed by atoms with Crippen LogP contribution in [0.3, 0.4) is 0 Å². The van der Waals surface area contributed by atoms with Gasteiger partial charge < -0.3 is 14.5 Å². The number of amides is 2. The number of aromatic amines is 1. The summed E-state index contributed by atoms with van der Waals surface area (Å²) >= 11 is 0. The molecule has 1 N–H and O–H groups in total. The second kappa shape index (κ2) is 6.04. The highest BCUT2D eigenvalue weighted by molar-refractivity contribution is 5.90. The van der Waals surface area contributed by atoms with Crippen molar-refractivity contribution in [3.8, 4) is 0 Å². The van der Waals surface area contributed by atoms with Gasteiger partial charge in [0, 0.05) is 32.8 Å². The highest BCUT2D eigenvalue weighted by atomic mass is 16.5. The lowest BCUT2D eigenvalue weighted by Crippen LogP contribution is -2.54. The molecule has 1 aliphatic carbocycles. The number of nitrogens with zero attached hydrogens (tertiary/aromatic N) is 4. The molecule has 4 fully saturated rings. The first-order valence-electron chi connectivity index (χ1n) is 9.67. The van der Waals surface area contributed by atoms with Crippen molar-refractivity contribution in [2.45, 2.75) is 25.7 Å². The van der Waals surface area contributed by atoms with E-state index in [9.17, 15) is 9.59 Å². The Morgan fingerprint density at radius 2 is 1.92 bits per heavy atom. The number of likely N-dealkylation sites (tertiary alicyclic amines) is 2. The Kier molecular flexibility index (Phi) is 3.77. The van der Waals surface area contributed by atoms with Gasteiger partial charge in [0.1, 0.15) is 6.33 Å². The standard InChI is InChI=1S/C18H25N5O3/c24-16(23-8-12-7-13(12)9-23)14-10-26-6-3-18(14)1-4-22(5-2-18)17(25)15-19-11-20-21-15/h11-14H,1-10H2,(H,19,20,21)/t12-,13+,14-/m0/s1. The molecular formula is C18H25N5O3. The maximum atomic E-state index is 13.2. The van der Waals surface area contributed by atoms with Crippen LogP contribution in [0.5, 0.6) is 0 Å². The lowest BCUT2D eigenvalue weighted by atomic mass is 9.65. The van der Waals surface area contributed by atoms with E-state index in [2.05, 4.69) is 20.1 Å². The largest absolute Gasteiger partial charge is 0.381 e. The lowest BCUT2D eigenvalue weighted by Gasteiger charge is -2.49. The fourth-order valence-electron chi connectivity index (χ4n) is 5.17. The number of piperidine rings is 2. The van der Waals surface area contributed by atoms with Gasteiger partial charge in [-0.15, -0.1) is 0 Å². The highest BCUT2D eigenvalue weighted by Gasteiger charge is 2.52. The number of aromatic nitrogens is 3. The van der Waals surface area contributed by atoms with Crippen LogP contribution in [0.15, 0.2) is 6.33 Å². The van der Waals surface area contributed by atoms with Crippen LogP contribution in [0.2, 0.25) is 0 Å². The van der Waals surface area contributed by atoms with Gasteiger partial charge in [-0.05, 0) is 42.9 Å². The summed E-state index contributed by atoms with van der Waals surface area (Å²) in [6, 6.07) is 0. The van der Waals surface area contributed by atoms with Crippen molar-refractivity contribution in [3.05, 3.63) is 12.2 Å². The van der Waals surface area contributed by atoms with E-state index in [0.717, 1.165) is 44.2 Å². The third-order valence-electron chi connectivity index (χ3n) is 7.02. The van der Waals surface area contributed by atoms with Crippen LogP contribution < -0.4 is 0 Å². The number of carbonyl (C=O) groups is 2. The predicted octanol–water partition coefficient (Wildman–Crippen LogP) is 0.542. The van der Waals surface area contributed by atoms with E-state index in [4.69, 9.17) is 4.74 Å². The summed E-state index contributed by atoms with van der Waals surface area (Å²) in [5, 5.41) is 6.40. The van der Waals surface area contributed by atoms with Gasteiger partial charge in [-0.3, -0.25) is 14.7 Å². The first-order valence-corrected chi connectivity index (χ1v) is 9.67. The summed E-state index contributed by atoms with van der Waals surface area (Å²) in [7, 11) is 0. The van der Waals surface area contributed by atoms with Crippen LogP contribution in [0.4, 0.5) is 0 Å². The molecule has 1 spiro atoms. The maximum Gasteiger partial charge on any atom is 0.291 e. The highest BCUT2D eigenvalue weighted by Crippen LogP contribution is 2.49. The van der Waals surface area contributed by atoms with Crippen molar-refractivity contribution in [1.82, 2.24) is 25.0 Å². The van der Waals surface area contributed by atoms with Crippen LogP contribution in [0.1, 0.15) is 36.3 Å². The molecule has 140 valence electrons. The normalized spacial score (nSPS) is 32.5. The van der Waals surface area contributed by atoms with E-state index < -0.39 is 0 Å². The molecule has 3 saturated heterocycles. The number of nitrogens with one attached hydrogen (secondary N) is 1. The molecule has 1 aromatic heterocycles. The van der Waals surface area contributed by atoms with Crippen molar-refractivity contribution in [2.24, 2.45) is 23.2 Å². The maximum absolute atomic E-state index is 13.2. The Morgan fingerprint density at radius 1 is 1.15 bits per heavy atom. The number of fused-ring (bicyclic) bond motifs is 1. The molecule has 0 bridgehead atoms. The van der Waals surface area contributed by atoms with Gasteiger partial charge in [0.05, 0.1) is 12.5 Å². The van der Waals surface area contributed by atoms with Crippen molar-refractivity contribution >= 4 is 11.8 Å². The van der Waals surface area contributed by atoms with Crippen LogP contribution in [-0.2, 0) is 9.53 Å². The Labute approximate surface area is 152 Å². The number of hydrogen-bond acceptors (Lipinski definition) is 5. The van der Waals surface area contributed by atoms with Gasteiger partial charge >= 0.3 is 0 Å². The Balaban J connectivity index is 1.28. The van der Waals surface area contributed by atoms with E-state index >= 15 is 0 Å². The summed E-state index contributed by atoms with van der Waals surface area (Å²) in [6.45, 7) is 4.44. The topological polar surface area (TPSA) is 91.4 Å². The zero-order chi connectivity index (χ0) is 17.7. The summed E-state index contributed by atoms with van der Waals surface area (Å²) in [5.74, 6) is 1.91. The number of ether oxygens (including phenoxy) is 1. The fraction of sp³-hybridized carbons (Fsp3) is 0.778. The second-order valence-corrected chi connectivity index (χ2v) is 8.37. The molecule has 4 heterocycles. The van der Waals surface area contributed by atoms with Crippen molar-refractivity contribution in [1.29, 1.82) is 0 Å². The minimum absolute atomic E-state index is 0.0275. The average molecular weight is 359 g/mol.